The van der Waals surface area contributed by atoms with Crippen LogP contribution in [0.25, 0.3) is 0 Å². The molecule has 0 amide bonds. The third-order valence-corrected chi connectivity index (χ3v) is 2.21. The summed E-state index contributed by atoms with van der Waals surface area (Å²) in [7, 11) is 0. The monoisotopic (exact) mass is 274 g/mol. The largest absolute Gasteiger partial charge is 0.453 e. The molecule has 17 heavy (non-hydrogen) atoms. The summed E-state index contributed by atoms with van der Waals surface area (Å²) in [5.41, 5.74) is 0. The molecule has 0 spiro atoms. The molecule has 0 saturated carbocycles. The summed E-state index contributed by atoms with van der Waals surface area (Å²) in [5.74, 6) is -13.1. The lowest BCUT2D eigenvalue weighted by molar-refractivity contribution is -0.458. The molecule has 0 aromatic rings. The van der Waals surface area contributed by atoms with Crippen molar-refractivity contribution in [2.75, 3.05) is 0 Å². The van der Waals surface area contributed by atoms with Gasteiger partial charge in [0.05, 0.1) is 0 Å². The Hall–Kier alpha value is -0.640. The van der Waals surface area contributed by atoms with Gasteiger partial charge in [0.15, 0.2) is 0 Å². The summed E-state index contributed by atoms with van der Waals surface area (Å²) in [5, 5.41) is 0. The van der Waals surface area contributed by atoms with Crippen molar-refractivity contribution < 1.29 is 44.6 Å². The van der Waals surface area contributed by atoms with Gasteiger partial charge >= 0.3 is 18.1 Å². The number of halogens is 8. The number of hydrogen-bond donors (Lipinski definition) is 0. The maximum absolute atomic E-state index is 13.2. The Balaban J connectivity index is 3.34. The molecule has 0 aliphatic carbocycles. The molecule has 2 atom stereocenters. The van der Waals surface area contributed by atoms with Crippen molar-refractivity contribution >= 4 is 0 Å². The summed E-state index contributed by atoms with van der Waals surface area (Å²) in [6.07, 6.45) is -12.4. The van der Waals surface area contributed by atoms with E-state index in [1.165, 1.54) is 0 Å². The third-order valence-electron chi connectivity index (χ3n) is 2.21. The maximum Gasteiger partial charge on any atom is 0.453 e. The first kappa shape index (κ1) is 14.4. The summed E-state index contributed by atoms with van der Waals surface area (Å²) in [4.78, 5) is 0. The highest BCUT2D eigenvalue weighted by atomic mass is 19.4. The van der Waals surface area contributed by atoms with Gasteiger partial charge in [0, 0.05) is 13.8 Å². The van der Waals surface area contributed by atoms with Gasteiger partial charge in [-0.05, 0) is 0 Å². The molecule has 10 heteroatoms. The lowest BCUT2D eigenvalue weighted by Crippen LogP contribution is -2.58. The fourth-order valence-electron chi connectivity index (χ4n) is 1.14. The summed E-state index contributed by atoms with van der Waals surface area (Å²) < 4.78 is 107. The number of rotatable bonds is 0. The molecule has 0 N–H and O–H groups in total. The molecule has 0 bridgehead atoms. The van der Waals surface area contributed by atoms with E-state index in [-0.39, 0.29) is 13.8 Å². The molecule has 0 radical (unpaired) electrons. The lowest BCUT2D eigenvalue weighted by Gasteiger charge is -2.31. The van der Waals surface area contributed by atoms with Gasteiger partial charge in [-0.2, -0.15) is 26.3 Å². The van der Waals surface area contributed by atoms with Crippen LogP contribution in [-0.2, 0) is 9.47 Å². The van der Waals surface area contributed by atoms with Gasteiger partial charge < -0.3 is 0 Å². The molecule has 1 saturated heterocycles. The minimum Gasteiger partial charge on any atom is -0.293 e. The van der Waals surface area contributed by atoms with Crippen molar-refractivity contribution in [1.29, 1.82) is 0 Å². The minimum absolute atomic E-state index is 0.0756. The van der Waals surface area contributed by atoms with Crippen LogP contribution in [0.4, 0.5) is 35.1 Å². The normalized spacial score (nSPS) is 38.5. The van der Waals surface area contributed by atoms with Crippen LogP contribution in [0.2, 0.25) is 0 Å². The fraction of sp³-hybridized carbons (Fsp3) is 1.00. The van der Waals surface area contributed by atoms with E-state index in [0.29, 0.717) is 0 Å². The predicted octanol–water partition coefficient (Wildman–Crippen LogP) is 3.23. The van der Waals surface area contributed by atoms with Gasteiger partial charge in [-0.3, -0.25) is 9.47 Å². The second-order valence-corrected chi connectivity index (χ2v) is 3.65. The minimum atomic E-state index is -6.18. The van der Waals surface area contributed by atoms with E-state index >= 15 is 0 Å². The Labute approximate surface area is 89.5 Å². The standard InChI is InChI=1S/C7H6F8O2/c1-3(8)4(2,9)17-5(16-3,6(10,11)12)7(13,14)15/h1-2H3. The highest BCUT2D eigenvalue weighted by Gasteiger charge is 2.84. The average Bonchev–Trinajstić information content (AvgIpc) is 2.15. The number of hydrogen-bond acceptors (Lipinski definition) is 2. The van der Waals surface area contributed by atoms with E-state index in [2.05, 4.69) is 9.47 Å². The SMILES string of the molecule is CC1(F)OC(C(F)(F)F)(C(F)(F)F)OC1(C)F. The van der Waals surface area contributed by atoms with E-state index in [9.17, 15) is 35.1 Å². The molecule has 2 unspecified atom stereocenters. The Morgan fingerprint density at radius 3 is 1.06 bits per heavy atom. The van der Waals surface area contributed by atoms with E-state index in [1.807, 2.05) is 0 Å². The van der Waals surface area contributed by atoms with Crippen LogP contribution in [0.15, 0.2) is 0 Å². The highest BCUT2D eigenvalue weighted by molar-refractivity contribution is 4.99. The van der Waals surface area contributed by atoms with E-state index in [0.717, 1.165) is 0 Å². The topological polar surface area (TPSA) is 18.5 Å². The molecule has 1 rings (SSSR count). The first-order valence-electron chi connectivity index (χ1n) is 4.08. The van der Waals surface area contributed by atoms with Crippen molar-refractivity contribution in [3.8, 4) is 0 Å². The third kappa shape index (κ3) is 1.86. The maximum atomic E-state index is 13.2. The fourth-order valence-corrected chi connectivity index (χ4v) is 1.14. The molecule has 0 aromatic heterocycles. The van der Waals surface area contributed by atoms with Crippen molar-refractivity contribution in [2.24, 2.45) is 0 Å². The number of alkyl halides is 8. The van der Waals surface area contributed by atoms with Crippen LogP contribution < -0.4 is 0 Å². The first-order chi connectivity index (χ1) is 7.16. The first-order valence-corrected chi connectivity index (χ1v) is 4.08. The van der Waals surface area contributed by atoms with Crippen LogP contribution in [-0.4, -0.2) is 29.8 Å². The van der Waals surface area contributed by atoms with Crippen LogP contribution in [0, 0.1) is 0 Å². The van der Waals surface area contributed by atoms with Gasteiger partial charge in [0.1, 0.15) is 0 Å². The molecular formula is C7H6F8O2. The van der Waals surface area contributed by atoms with Gasteiger partial charge in [0.2, 0.25) is 0 Å². The lowest BCUT2D eigenvalue weighted by atomic mass is 10.2. The van der Waals surface area contributed by atoms with Crippen molar-refractivity contribution in [3.63, 3.8) is 0 Å². The highest BCUT2D eigenvalue weighted by Crippen LogP contribution is 2.58. The Kier molecular flexibility index (Phi) is 2.73. The second kappa shape index (κ2) is 3.22. The van der Waals surface area contributed by atoms with Crippen LogP contribution in [0.5, 0.6) is 0 Å². The van der Waals surface area contributed by atoms with Crippen LogP contribution in [0.3, 0.4) is 0 Å². The van der Waals surface area contributed by atoms with Crippen molar-refractivity contribution in [1.82, 2.24) is 0 Å². The molecule has 1 aliphatic rings. The molecule has 102 valence electrons. The quantitative estimate of drug-likeness (QED) is 0.631. The van der Waals surface area contributed by atoms with Gasteiger partial charge in [0.25, 0.3) is 11.7 Å². The van der Waals surface area contributed by atoms with Crippen molar-refractivity contribution in [2.45, 2.75) is 43.7 Å². The zero-order chi connectivity index (χ0) is 13.9. The van der Waals surface area contributed by atoms with Gasteiger partial charge in [-0.25, -0.2) is 8.78 Å². The predicted molar refractivity (Wildman–Crippen MR) is 36.0 cm³/mol. The zero-order valence-corrected chi connectivity index (χ0v) is 8.34. The zero-order valence-electron chi connectivity index (χ0n) is 8.34. The van der Waals surface area contributed by atoms with E-state index in [1.54, 1.807) is 0 Å². The van der Waals surface area contributed by atoms with Crippen LogP contribution >= 0.6 is 0 Å². The van der Waals surface area contributed by atoms with E-state index in [4.69, 9.17) is 0 Å². The molecule has 1 heterocycles. The van der Waals surface area contributed by atoms with Crippen molar-refractivity contribution in [3.05, 3.63) is 0 Å². The summed E-state index contributed by atoms with van der Waals surface area (Å²) in [6, 6.07) is 0. The molecule has 0 aromatic carbocycles. The van der Waals surface area contributed by atoms with Crippen LogP contribution in [0.1, 0.15) is 13.8 Å². The number of ether oxygens (including phenoxy) is 2. The summed E-state index contributed by atoms with van der Waals surface area (Å²) >= 11 is 0. The second-order valence-electron chi connectivity index (χ2n) is 3.65. The molecule has 2 nitrogen and oxygen atoms in total. The molecule has 1 aliphatic heterocycles. The van der Waals surface area contributed by atoms with E-state index < -0.39 is 29.8 Å². The smallest absolute Gasteiger partial charge is 0.293 e. The Bertz CT molecular complexity index is 283. The Morgan fingerprint density at radius 1 is 0.706 bits per heavy atom. The summed E-state index contributed by atoms with van der Waals surface area (Å²) in [6.45, 7) is 0.151. The van der Waals surface area contributed by atoms with Gasteiger partial charge in [-0.15, -0.1) is 0 Å². The molecule has 1 fully saturated rings. The Morgan fingerprint density at radius 2 is 0.941 bits per heavy atom. The van der Waals surface area contributed by atoms with Gasteiger partial charge in [-0.1, -0.05) is 0 Å². The molecular weight excluding hydrogens is 268 g/mol. The average molecular weight is 274 g/mol.